The molecule has 1 aromatic heterocycles. The fourth-order valence-electron chi connectivity index (χ4n) is 1.89. The summed E-state index contributed by atoms with van der Waals surface area (Å²) in [5, 5.41) is 36.9. The Bertz CT molecular complexity index is 466. The second-order valence-electron chi connectivity index (χ2n) is 4.24. The van der Waals surface area contributed by atoms with Crippen molar-refractivity contribution in [2.24, 2.45) is 7.05 Å². The fraction of sp³-hybridized carbons (Fsp3) is 0.583. The lowest BCUT2D eigenvalue weighted by Crippen LogP contribution is -2.31. The van der Waals surface area contributed by atoms with Crippen LogP contribution in [0.4, 0.5) is 0 Å². The van der Waals surface area contributed by atoms with Gasteiger partial charge in [-0.25, -0.2) is 0 Å². The van der Waals surface area contributed by atoms with Gasteiger partial charge in [0.25, 0.3) is 0 Å². The van der Waals surface area contributed by atoms with Crippen molar-refractivity contribution in [1.82, 2.24) is 9.47 Å². The Kier molecular flexibility index (Phi) is 5.97. The van der Waals surface area contributed by atoms with Crippen LogP contribution in [0.25, 0.3) is 0 Å². The largest absolute Gasteiger partial charge is 0.503 e. The highest BCUT2D eigenvalue weighted by Gasteiger charge is 2.15. The average Bonchev–Trinajstić information content (AvgIpc) is 2.39. The van der Waals surface area contributed by atoms with Crippen molar-refractivity contribution in [1.29, 1.82) is 0 Å². The third kappa shape index (κ3) is 3.77. The van der Waals surface area contributed by atoms with E-state index >= 15 is 0 Å². The topological polar surface area (TPSA) is 106 Å². The van der Waals surface area contributed by atoms with Crippen LogP contribution in [-0.4, -0.2) is 56.2 Å². The van der Waals surface area contributed by atoms with Crippen LogP contribution in [0.5, 0.6) is 5.75 Å². The van der Waals surface area contributed by atoms with Gasteiger partial charge in [-0.2, -0.15) is 0 Å². The standard InChI is InChI=1S/C12H20N2O5/c1-13-9(8-17)6-11(18)12(19)10(13)7-14(2-4-15)3-5-16/h6,15-17,19H,2-5,7-8H2,1H3. The summed E-state index contributed by atoms with van der Waals surface area (Å²) in [6.45, 7) is 0.351. The van der Waals surface area contributed by atoms with Crippen molar-refractivity contribution in [3.8, 4) is 5.75 Å². The van der Waals surface area contributed by atoms with Crippen LogP contribution >= 0.6 is 0 Å². The third-order valence-corrected chi connectivity index (χ3v) is 3.01. The van der Waals surface area contributed by atoms with Gasteiger partial charge >= 0.3 is 0 Å². The molecule has 0 unspecified atom stereocenters. The first kappa shape index (κ1) is 15.6. The number of pyridine rings is 1. The molecule has 4 N–H and O–H groups in total. The maximum Gasteiger partial charge on any atom is 0.223 e. The van der Waals surface area contributed by atoms with Crippen LogP contribution in [0.15, 0.2) is 10.9 Å². The summed E-state index contributed by atoms with van der Waals surface area (Å²) in [4.78, 5) is 13.3. The van der Waals surface area contributed by atoms with Gasteiger partial charge in [0.05, 0.1) is 25.5 Å². The quantitative estimate of drug-likeness (QED) is 0.475. The highest BCUT2D eigenvalue weighted by atomic mass is 16.3. The maximum atomic E-state index is 11.6. The summed E-state index contributed by atoms with van der Waals surface area (Å²) in [7, 11) is 1.64. The van der Waals surface area contributed by atoms with Crippen LogP contribution in [0.2, 0.25) is 0 Å². The third-order valence-electron chi connectivity index (χ3n) is 3.01. The molecule has 0 aliphatic carbocycles. The molecule has 0 aliphatic heterocycles. The number of aromatic nitrogens is 1. The Morgan fingerprint density at radius 3 is 2.26 bits per heavy atom. The smallest absolute Gasteiger partial charge is 0.223 e. The molecule has 0 atom stereocenters. The number of hydrogen-bond acceptors (Lipinski definition) is 6. The van der Waals surface area contributed by atoms with E-state index in [9.17, 15) is 9.90 Å². The van der Waals surface area contributed by atoms with E-state index in [1.165, 1.54) is 6.07 Å². The summed E-state index contributed by atoms with van der Waals surface area (Å²) >= 11 is 0. The lowest BCUT2D eigenvalue weighted by molar-refractivity contribution is 0.151. The molecule has 1 aromatic rings. The van der Waals surface area contributed by atoms with Gasteiger partial charge in [0.2, 0.25) is 5.43 Å². The van der Waals surface area contributed by atoms with Crippen LogP contribution in [-0.2, 0) is 20.2 Å². The van der Waals surface area contributed by atoms with E-state index in [-0.39, 0.29) is 32.1 Å². The van der Waals surface area contributed by atoms with Crippen molar-refractivity contribution < 1.29 is 20.4 Å². The first-order chi connectivity index (χ1) is 9.04. The van der Waals surface area contributed by atoms with Gasteiger partial charge in [0, 0.05) is 38.4 Å². The highest BCUT2D eigenvalue weighted by molar-refractivity contribution is 5.29. The van der Waals surface area contributed by atoms with E-state index in [0.29, 0.717) is 24.5 Å². The molecule has 0 amide bonds. The van der Waals surface area contributed by atoms with Crippen LogP contribution in [0.1, 0.15) is 11.4 Å². The Balaban J connectivity index is 3.10. The SMILES string of the molecule is Cn1c(CO)cc(=O)c(O)c1CN(CCO)CCO. The summed E-state index contributed by atoms with van der Waals surface area (Å²) in [6.07, 6.45) is 0. The summed E-state index contributed by atoms with van der Waals surface area (Å²) in [5.41, 5.74) is 0.189. The van der Waals surface area contributed by atoms with Gasteiger partial charge in [-0.15, -0.1) is 0 Å². The zero-order valence-corrected chi connectivity index (χ0v) is 10.9. The predicted molar refractivity (Wildman–Crippen MR) is 68.7 cm³/mol. The predicted octanol–water partition coefficient (Wildman–Crippen LogP) is -1.63. The van der Waals surface area contributed by atoms with Crippen molar-refractivity contribution in [3.63, 3.8) is 0 Å². The molecule has 0 fully saturated rings. The molecule has 0 aliphatic rings. The van der Waals surface area contributed by atoms with E-state index in [0.717, 1.165) is 0 Å². The molecule has 0 bridgehead atoms. The number of hydrogen-bond donors (Lipinski definition) is 4. The van der Waals surface area contributed by atoms with Gasteiger partial charge in [-0.3, -0.25) is 9.69 Å². The van der Waals surface area contributed by atoms with Crippen LogP contribution in [0, 0.1) is 0 Å². The molecule has 0 saturated carbocycles. The molecule has 0 radical (unpaired) electrons. The normalized spacial score (nSPS) is 11.2. The minimum Gasteiger partial charge on any atom is -0.503 e. The van der Waals surface area contributed by atoms with E-state index in [2.05, 4.69) is 0 Å². The van der Waals surface area contributed by atoms with Gasteiger partial charge in [-0.1, -0.05) is 0 Å². The molecule has 7 nitrogen and oxygen atoms in total. The number of rotatable bonds is 7. The zero-order chi connectivity index (χ0) is 14.4. The lowest BCUT2D eigenvalue weighted by atomic mass is 10.2. The molecular weight excluding hydrogens is 252 g/mol. The molecule has 19 heavy (non-hydrogen) atoms. The second-order valence-corrected chi connectivity index (χ2v) is 4.24. The monoisotopic (exact) mass is 272 g/mol. The van der Waals surface area contributed by atoms with Gasteiger partial charge < -0.3 is 25.0 Å². The second kappa shape index (κ2) is 7.25. The molecule has 0 saturated heterocycles. The Morgan fingerprint density at radius 2 is 1.79 bits per heavy atom. The van der Waals surface area contributed by atoms with Crippen molar-refractivity contribution in [2.45, 2.75) is 13.2 Å². The van der Waals surface area contributed by atoms with E-state index in [1.807, 2.05) is 0 Å². The van der Waals surface area contributed by atoms with E-state index in [1.54, 1.807) is 16.5 Å². The first-order valence-electron chi connectivity index (χ1n) is 6.00. The number of aromatic hydroxyl groups is 1. The van der Waals surface area contributed by atoms with Crippen LogP contribution in [0.3, 0.4) is 0 Å². The van der Waals surface area contributed by atoms with Gasteiger partial charge in [-0.05, 0) is 0 Å². The summed E-state index contributed by atoms with van der Waals surface area (Å²) in [5.74, 6) is -0.374. The number of aliphatic hydroxyl groups excluding tert-OH is 3. The first-order valence-corrected chi connectivity index (χ1v) is 6.00. The minimum absolute atomic E-state index is 0.0889. The molecular formula is C12H20N2O5. The van der Waals surface area contributed by atoms with E-state index < -0.39 is 5.43 Å². The Labute approximate surface area is 111 Å². The number of aliphatic hydroxyl groups is 3. The maximum absolute atomic E-state index is 11.6. The van der Waals surface area contributed by atoms with Crippen molar-refractivity contribution in [3.05, 3.63) is 27.7 Å². The minimum atomic E-state index is -0.551. The van der Waals surface area contributed by atoms with Crippen LogP contribution < -0.4 is 5.43 Å². The Hall–Kier alpha value is -1.41. The van der Waals surface area contributed by atoms with Crippen molar-refractivity contribution in [2.75, 3.05) is 26.3 Å². The van der Waals surface area contributed by atoms with Gasteiger partial charge in [0.15, 0.2) is 5.75 Å². The number of nitrogens with zero attached hydrogens (tertiary/aromatic N) is 2. The lowest BCUT2D eigenvalue weighted by Gasteiger charge is -2.23. The highest BCUT2D eigenvalue weighted by Crippen LogP contribution is 2.15. The summed E-state index contributed by atoms with van der Waals surface area (Å²) in [6, 6.07) is 1.18. The molecule has 7 heteroatoms. The Morgan fingerprint density at radius 1 is 1.21 bits per heavy atom. The van der Waals surface area contributed by atoms with Crippen molar-refractivity contribution >= 4 is 0 Å². The molecule has 0 spiro atoms. The summed E-state index contributed by atoms with van der Waals surface area (Å²) < 4.78 is 1.54. The molecule has 1 rings (SSSR count). The molecule has 0 aromatic carbocycles. The van der Waals surface area contributed by atoms with E-state index in [4.69, 9.17) is 15.3 Å². The molecule has 1 heterocycles. The average molecular weight is 272 g/mol. The zero-order valence-electron chi connectivity index (χ0n) is 10.9. The molecule has 108 valence electrons. The van der Waals surface area contributed by atoms with Gasteiger partial charge in [0.1, 0.15) is 0 Å². The fourth-order valence-corrected chi connectivity index (χ4v) is 1.89.